The van der Waals surface area contributed by atoms with Gasteiger partial charge in [0.25, 0.3) is 0 Å². The van der Waals surface area contributed by atoms with Gasteiger partial charge in [0, 0.05) is 5.92 Å². The van der Waals surface area contributed by atoms with E-state index in [0.29, 0.717) is 17.8 Å². The number of amides is 2. The SMILES string of the molecule is CC(C)(C)OC(=O)N1C(=O)C2C3CCC4C3C2C41. The molecule has 6 unspecified atom stereocenters. The van der Waals surface area contributed by atoms with Crippen molar-refractivity contribution in [1.29, 1.82) is 0 Å². The largest absolute Gasteiger partial charge is 0.443 e. The number of hydrogen-bond acceptors (Lipinski definition) is 3. The second-order valence-electron chi connectivity index (χ2n) is 7.26. The first-order chi connectivity index (χ1) is 8.40. The lowest BCUT2D eigenvalue weighted by Crippen LogP contribution is -2.62. The molecule has 3 aliphatic carbocycles. The fourth-order valence-electron chi connectivity index (χ4n) is 4.98. The minimum absolute atomic E-state index is 0.0442. The Morgan fingerprint density at radius 3 is 2.56 bits per heavy atom. The maximum Gasteiger partial charge on any atom is 0.417 e. The van der Waals surface area contributed by atoms with Crippen LogP contribution < -0.4 is 0 Å². The fraction of sp³-hybridized carbons (Fsp3) is 0.857. The Kier molecular flexibility index (Phi) is 1.75. The quantitative estimate of drug-likeness (QED) is 0.660. The van der Waals surface area contributed by atoms with Crippen LogP contribution in [0.5, 0.6) is 0 Å². The number of carbonyl (C=O) groups is 2. The predicted molar refractivity (Wildman–Crippen MR) is 63.6 cm³/mol. The molecule has 18 heavy (non-hydrogen) atoms. The Hall–Kier alpha value is -1.06. The second-order valence-corrected chi connectivity index (χ2v) is 7.26. The summed E-state index contributed by atoms with van der Waals surface area (Å²) in [7, 11) is 0. The molecule has 0 aromatic heterocycles. The molecule has 1 saturated heterocycles. The summed E-state index contributed by atoms with van der Waals surface area (Å²) in [4.78, 5) is 26.0. The monoisotopic (exact) mass is 249 g/mol. The number of rotatable bonds is 0. The van der Waals surface area contributed by atoms with E-state index in [1.807, 2.05) is 20.8 Å². The van der Waals surface area contributed by atoms with Gasteiger partial charge in [-0.15, -0.1) is 0 Å². The van der Waals surface area contributed by atoms with Gasteiger partial charge in [-0.25, -0.2) is 9.69 Å². The molecule has 0 bridgehead atoms. The summed E-state index contributed by atoms with van der Waals surface area (Å²) in [5.74, 6) is 2.57. The number of hydrogen-bond donors (Lipinski definition) is 0. The minimum atomic E-state index is -0.527. The normalized spacial score (nSPS) is 47.5. The van der Waals surface area contributed by atoms with Crippen molar-refractivity contribution in [2.24, 2.45) is 29.6 Å². The van der Waals surface area contributed by atoms with Crippen molar-refractivity contribution in [2.45, 2.75) is 45.3 Å². The van der Waals surface area contributed by atoms with Gasteiger partial charge in [-0.1, -0.05) is 0 Å². The maximum atomic E-state index is 12.3. The Labute approximate surface area is 107 Å². The minimum Gasteiger partial charge on any atom is -0.443 e. The third-order valence-electron chi connectivity index (χ3n) is 5.39. The van der Waals surface area contributed by atoms with E-state index in [9.17, 15) is 9.59 Å². The second kappa shape index (κ2) is 2.91. The average Bonchev–Trinajstić information content (AvgIpc) is 2.42. The highest BCUT2D eigenvalue weighted by Crippen LogP contribution is 2.73. The Morgan fingerprint density at radius 1 is 1.22 bits per heavy atom. The van der Waals surface area contributed by atoms with Crippen molar-refractivity contribution in [3.8, 4) is 0 Å². The first kappa shape index (κ1) is 10.8. The zero-order chi connectivity index (χ0) is 12.8. The topological polar surface area (TPSA) is 46.6 Å². The van der Waals surface area contributed by atoms with Gasteiger partial charge in [0.15, 0.2) is 0 Å². The van der Waals surface area contributed by atoms with Crippen LogP contribution in [0.1, 0.15) is 33.6 Å². The number of likely N-dealkylation sites (tertiary alicyclic amines) is 1. The highest BCUT2D eigenvalue weighted by atomic mass is 16.6. The Morgan fingerprint density at radius 2 is 1.89 bits per heavy atom. The molecule has 1 heterocycles. The van der Waals surface area contributed by atoms with E-state index in [1.165, 1.54) is 17.7 Å². The fourth-order valence-corrected chi connectivity index (χ4v) is 4.98. The van der Waals surface area contributed by atoms with Crippen molar-refractivity contribution >= 4 is 12.0 Å². The van der Waals surface area contributed by atoms with Gasteiger partial charge in [-0.2, -0.15) is 0 Å². The van der Waals surface area contributed by atoms with Crippen LogP contribution in [0.4, 0.5) is 4.79 Å². The number of ether oxygens (including phenoxy) is 1. The van der Waals surface area contributed by atoms with Crippen molar-refractivity contribution in [1.82, 2.24) is 4.90 Å². The van der Waals surface area contributed by atoms with Crippen LogP contribution in [-0.4, -0.2) is 28.5 Å². The Bertz CT molecular complexity index is 452. The Balaban J connectivity index is 1.60. The van der Waals surface area contributed by atoms with E-state index < -0.39 is 11.7 Å². The van der Waals surface area contributed by atoms with Gasteiger partial charge in [-0.05, 0) is 57.3 Å². The van der Waals surface area contributed by atoms with Crippen molar-refractivity contribution in [2.75, 3.05) is 0 Å². The van der Waals surface area contributed by atoms with Crippen LogP contribution in [0, 0.1) is 29.6 Å². The zero-order valence-electron chi connectivity index (χ0n) is 11.1. The molecule has 0 aromatic carbocycles. The molecule has 4 nitrogen and oxygen atoms in total. The number of fused-ring (bicyclic) bond motifs is 2. The van der Waals surface area contributed by atoms with Gasteiger partial charge in [0.05, 0.1) is 6.04 Å². The van der Waals surface area contributed by atoms with E-state index >= 15 is 0 Å². The number of imide groups is 1. The smallest absolute Gasteiger partial charge is 0.417 e. The number of nitrogens with zero attached hydrogens (tertiary/aromatic N) is 1. The standard InChI is InChI=1S/C14H19NO3/c1-14(2,3)18-13(17)15-11-7-5-4-6-8(7)10(11)9(6)12(15)16/h6-11H,4-5H2,1-3H3. The van der Waals surface area contributed by atoms with Gasteiger partial charge >= 0.3 is 6.09 Å². The molecule has 0 radical (unpaired) electrons. The highest BCUT2D eigenvalue weighted by molar-refractivity contribution is 5.98. The van der Waals surface area contributed by atoms with E-state index in [2.05, 4.69) is 0 Å². The molecule has 98 valence electrons. The van der Waals surface area contributed by atoms with Gasteiger partial charge in [-0.3, -0.25) is 4.79 Å². The molecule has 0 N–H and O–H groups in total. The average molecular weight is 249 g/mol. The van der Waals surface area contributed by atoms with Gasteiger partial charge < -0.3 is 4.74 Å². The van der Waals surface area contributed by atoms with Crippen molar-refractivity contribution < 1.29 is 14.3 Å². The lowest BCUT2D eigenvalue weighted by molar-refractivity contribution is -0.137. The first-order valence-electron chi connectivity index (χ1n) is 6.96. The summed E-state index contributed by atoms with van der Waals surface area (Å²) < 4.78 is 5.39. The molecule has 4 rings (SSSR count). The first-order valence-corrected chi connectivity index (χ1v) is 6.96. The van der Waals surface area contributed by atoms with Crippen LogP contribution in [0.25, 0.3) is 0 Å². The molecule has 4 fully saturated rings. The van der Waals surface area contributed by atoms with Crippen LogP contribution in [0.3, 0.4) is 0 Å². The molecule has 0 spiro atoms. The van der Waals surface area contributed by atoms with E-state index in [-0.39, 0.29) is 17.9 Å². The summed E-state index contributed by atoms with van der Waals surface area (Å²) in [5.41, 5.74) is -0.527. The lowest BCUT2D eigenvalue weighted by atomic mass is 9.46. The van der Waals surface area contributed by atoms with Crippen LogP contribution >= 0.6 is 0 Å². The molecule has 0 aromatic rings. The maximum absolute atomic E-state index is 12.3. The summed E-state index contributed by atoms with van der Waals surface area (Å²) in [6.07, 6.45) is 1.97. The van der Waals surface area contributed by atoms with Gasteiger partial charge in [0.1, 0.15) is 5.60 Å². The van der Waals surface area contributed by atoms with E-state index in [4.69, 9.17) is 4.74 Å². The third-order valence-corrected chi connectivity index (χ3v) is 5.39. The molecule has 6 atom stereocenters. The number of carbonyl (C=O) groups excluding carboxylic acids is 2. The molecule has 2 amide bonds. The van der Waals surface area contributed by atoms with Crippen LogP contribution in [-0.2, 0) is 9.53 Å². The molecular weight excluding hydrogens is 230 g/mol. The molecule has 4 heteroatoms. The lowest BCUT2D eigenvalue weighted by Gasteiger charge is -2.57. The van der Waals surface area contributed by atoms with Crippen LogP contribution in [0.2, 0.25) is 0 Å². The molecule has 4 aliphatic rings. The van der Waals surface area contributed by atoms with E-state index in [0.717, 1.165) is 5.92 Å². The highest BCUT2D eigenvalue weighted by Gasteiger charge is 2.78. The molecule has 3 saturated carbocycles. The summed E-state index contributed by atoms with van der Waals surface area (Å²) in [5, 5.41) is 0. The predicted octanol–water partition coefficient (Wildman–Crippen LogP) is 2.03. The molecular formula is C14H19NO3. The summed E-state index contributed by atoms with van der Waals surface area (Å²) in [6, 6.07) is 0.168. The van der Waals surface area contributed by atoms with Gasteiger partial charge in [0.2, 0.25) is 5.91 Å². The zero-order valence-corrected chi connectivity index (χ0v) is 11.1. The van der Waals surface area contributed by atoms with Crippen LogP contribution in [0.15, 0.2) is 0 Å². The summed E-state index contributed by atoms with van der Waals surface area (Å²) in [6.45, 7) is 5.53. The van der Waals surface area contributed by atoms with Crippen molar-refractivity contribution in [3.63, 3.8) is 0 Å². The van der Waals surface area contributed by atoms with E-state index in [1.54, 1.807) is 0 Å². The van der Waals surface area contributed by atoms with Crippen molar-refractivity contribution in [3.05, 3.63) is 0 Å². The summed E-state index contributed by atoms with van der Waals surface area (Å²) >= 11 is 0. The molecule has 1 aliphatic heterocycles. The third kappa shape index (κ3) is 1.04.